The Kier molecular flexibility index (Phi) is 6.02. The van der Waals surface area contributed by atoms with Crippen molar-refractivity contribution >= 4 is 0 Å². The summed E-state index contributed by atoms with van der Waals surface area (Å²) in [5, 5.41) is 3.57. The highest BCUT2D eigenvalue weighted by Gasteiger charge is 2.20. The van der Waals surface area contributed by atoms with E-state index in [0.717, 1.165) is 26.1 Å². The van der Waals surface area contributed by atoms with Gasteiger partial charge in [0.05, 0.1) is 0 Å². The predicted molar refractivity (Wildman–Crippen MR) is 84.6 cm³/mol. The van der Waals surface area contributed by atoms with Crippen molar-refractivity contribution in [2.24, 2.45) is 11.7 Å². The molecule has 1 unspecified atom stereocenters. The number of aryl methyl sites for hydroxylation is 2. The smallest absolute Gasteiger partial charge is 0.00431 e. The zero-order valence-electron chi connectivity index (χ0n) is 13.2. The van der Waals surface area contributed by atoms with Gasteiger partial charge in [0, 0.05) is 12.0 Å². The lowest BCUT2D eigenvalue weighted by atomic mass is 9.83. The van der Waals surface area contributed by atoms with Gasteiger partial charge in [-0.1, -0.05) is 39.0 Å². The van der Waals surface area contributed by atoms with Crippen LogP contribution in [-0.4, -0.2) is 19.6 Å². The lowest BCUT2D eigenvalue weighted by Gasteiger charge is -2.27. The van der Waals surface area contributed by atoms with Gasteiger partial charge in [-0.15, -0.1) is 0 Å². The molecule has 19 heavy (non-hydrogen) atoms. The summed E-state index contributed by atoms with van der Waals surface area (Å²) in [6.45, 7) is 14.0. The third-order valence-corrected chi connectivity index (χ3v) is 4.07. The molecule has 3 N–H and O–H groups in total. The second-order valence-corrected chi connectivity index (χ2v) is 6.49. The summed E-state index contributed by atoms with van der Waals surface area (Å²) in [5.74, 6) is 0.609. The SMILES string of the molecule is Cc1ccc(C(C)(C)CNCCC(C)CN)cc1C. The van der Waals surface area contributed by atoms with Crippen molar-refractivity contribution in [1.82, 2.24) is 5.32 Å². The molecule has 0 saturated heterocycles. The monoisotopic (exact) mass is 262 g/mol. The molecule has 0 aromatic heterocycles. The predicted octanol–water partition coefficient (Wildman–Crippen LogP) is 3.16. The van der Waals surface area contributed by atoms with E-state index in [9.17, 15) is 0 Å². The van der Waals surface area contributed by atoms with Gasteiger partial charge in [-0.3, -0.25) is 0 Å². The standard InChI is InChI=1S/C17H30N2/c1-13(11-18)8-9-19-12-17(4,5)16-7-6-14(2)15(3)10-16/h6-7,10,13,19H,8-9,11-12,18H2,1-5H3. The first-order valence-electron chi connectivity index (χ1n) is 7.35. The van der Waals surface area contributed by atoms with Crippen molar-refractivity contribution in [2.45, 2.75) is 46.5 Å². The van der Waals surface area contributed by atoms with Crippen molar-refractivity contribution in [3.05, 3.63) is 34.9 Å². The molecule has 1 aromatic carbocycles. The molecule has 0 radical (unpaired) electrons. The summed E-state index contributed by atoms with van der Waals surface area (Å²) in [5.41, 5.74) is 9.96. The Morgan fingerprint density at radius 1 is 1.21 bits per heavy atom. The molecule has 1 rings (SSSR count). The van der Waals surface area contributed by atoms with E-state index in [0.29, 0.717) is 5.92 Å². The zero-order chi connectivity index (χ0) is 14.5. The molecule has 0 amide bonds. The molecule has 1 atom stereocenters. The first kappa shape index (κ1) is 16.2. The fourth-order valence-electron chi connectivity index (χ4n) is 2.13. The number of nitrogens with one attached hydrogen (secondary N) is 1. The quantitative estimate of drug-likeness (QED) is 0.741. The minimum absolute atomic E-state index is 0.171. The number of rotatable bonds is 7. The number of hydrogen-bond acceptors (Lipinski definition) is 2. The maximum absolute atomic E-state index is 5.63. The Morgan fingerprint density at radius 2 is 1.89 bits per heavy atom. The molecule has 0 heterocycles. The Labute approximate surface area is 118 Å². The first-order chi connectivity index (χ1) is 8.86. The average molecular weight is 262 g/mol. The molecule has 1 aromatic rings. The third-order valence-electron chi connectivity index (χ3n) is 4.07. The van der Waals surface area contributed by atoms with Gasteiger partial charge in [0.2, 0.25) is 0 Å². The second-order valence-electron chi connectivity index (χ2n) is 6.49. The Balaban J connectivity index is 2.53. The van der Waals surface area contributed by atoms with Crippen LogP contribution in [0.4, 0.5) is 0 Å². The first-order valence-corrected chi connectivity index (χ1v) is 7.35. The molecule has 0 aliphatic rings. The summed E-state index contributed by atoms with van der Waals surface area (Å²) < 4.78 is 0. The second kappa shape index (κ2) is 7.06. The Morgan fingerprint density at radius 3 is 2.47 bits per heavy atom. The van der Waals surface area contributed by atoms with E-state index in [2.05, 4.69) is 58.1 Å². The van der Waals surface area contributed by atoms with Gasteiger partial charge in [0.25, 0.3) is 0 Å². The molecular weight excluding hydrogens is 232 g/mol. The fourth-order valence-corrected chi connectivity index (χ4v) is 2.13. The van der Waals surface area contributed by atoms with E-state index in [1.54, 1.807) is 0 Å². The normalized spacial score (nSPS) is 13.6. The maximum Gasteiger partial charge on any atom is 0.00431 e. The topological polar surface area (TPSA) is 38.0 Å². The van der Waals surface area contributed by atoms with E-state index in [-0.39, 0.29) is 5.41 Å². The van der Waals surface area contributed by atoms with Gasteiger partial charge < -0.3 is 11.1 Å². The molecule has 0 bridgehead atoms. The highest BCUT2D eigenvalue weighted by molar-refractivity contribution is 5.34. The maximum atomic E-state index is 5.63. The van der Waals surface area contributed by atoms with Crippen LogP contribution in [0.25, 0.3) is 0 Å². The van der Waals surface area contributed by atoms with Gasteiger partial charge in [-0.05, 0) is 56.0 Å². The van der Waals surface area contributed by atoms with Crippen LogP contribution in [0.2, 0.25) is 0 Å². The van der Waals surface area contributed by atoms with Crippen molar-refractivity contribution < 1.29 is 0 Å². The zero-order valence-corrected chi connectivity index (χ0v) is 13.2. The van der Waals surface area contributed by atoms with E-state index < -0.39 is 0 Å². The number of benzene rings is 1. The molecular formula is C17H30N2. The molecule has 2 nitrogen and oxygen atoms in total. The highest BCUT2D eigenvalue weighted by Crippen LogP contribution is 2.24. The number of nitrogens with two attached hydrogens (primary N) is 1. The van der Waals surface area contributed by atoms with Crippen molar-refractivity contribution in [2.75, 3.05) is 19.6 Å². The van der Waals surface area contributed by atoms with Crippen LogP contribution < -0.4 is 11.1 Å². The van der Waals surface area contributed by atoms with E-state index in [1.807, 2.05) is 0 Å². The van der Waals surface area contributed by atoms with E-state index >= 15 is 0 Å². The molecule has 108 valence electrons. The summed E-state index contributed by atoms with van der Waals surface area (Å²) in [4.78, 5) is 0. The minimum Gasteiger partial charge on any atom is -0.330 e. The summed E-state index contributed by atoms with van der Waals surface area (Å²) >= 11 is 0. The summed E-state index contributed by atoms with van der Waals surface area (Å²) in [6, 6.07) is 6.80. The van der Waals surface area contributed by atoms with Crippen LogP contribution in [0, 0.1) is 19.8 Å². The van der Waals surface area contributed by atoms with Crippen LogP contribution in [0.5, 0.6) is 0 Å². The molecule has 0 aliphatic carbocycles. The van der Waals surface area contributed by atoms with Crippen LogP contribution in [0.3, 0.4) is 0 Å². The average Bonchev–Trinajstić information content (AvgIpc) is 2.37. The van der Waals surface area contributed by atoms with Gasteiger partial charge in [0.1, 0.15) is 0 Å². The third kappa shape index (κ3) is 4.96. The van der Waals surface area contributed by atoms with Gasteiger partial charge in [-0.25, -0.2) is 0 Å². The minimum atomic E-state index is 0.171. The van der Waals surface area contributed by atoms with Gasteiger partial charge in [0.15, 0.2) is 0 Å². The molecule has 0 spiro atoms. The summed E-state index contributed by atoms with van der Waals surface area (Å²) in [6.07, 6.45) is 1.15. The Hall–Kier alpha value is -0.860. The number of hydrogen-bond donors (Lipinski definition) is 2. The van der Waals surface area contributed by atoms with Crippen molar-refractivity contribution in [3.63, 3.8) is 0 Å². The lowest BCUT2D eigenvalue weighted by molar-refractivity contribution is 0.440. The van der Waals surface area contributed by atoms with E-state index in [4.69, 9.17) is 5.73 Å². The van der Waals surface area contributed by atoms with Crippen LogP contribution in [0.1, 0.15) is 43.9 Å². The molecule has 0 aliphatic heterocycles. The van der Waals surface area contributed by atoms with Gasteiger partial charge >= 0.3 is 0 Å². The van der Waals surface area contributed by atoms with Crippen LogP contribution in [-0.2, 0) is 5.41 Å². The van der Waals surface area contributed by atoms with Crippen LogP contribution in [0.15, 0.2) is 18.2 Å². The van der Waals surface area contributed by atoms with Gasteiger partial charge in [-0.2, -0.15) is 0 Å². The van der Waals surface area contributed by atoms with Crippen LogP contribution >= 0.6 is 0 Å². The lowest BCUT2D eigenvalue weighted by Crippen LogP contribution is -2.34. The molecule has 2 heteroatoms. The molecule has 0 saturated carbocycles. The van der Waals surface area contributed by atoms with Crippen molar-refractivity contribution in [1.29, 1.82) is 0 Å². The van der Waals surface area contributed by atoms with Crippen molar-refractivity contribution in [3.8, 4) is 0 Å². The largest absolute Gasteiger partial charge is 0.330 e. The fraction of sp³-hybridized carbons (Fsp3) is 0.647. The Bertz CT molecular complexity index is 396. The van der Waals surface area contributed by atoms with E-state index in [1.165, 1.54) is 16.7 Å². The summed E-state index contributed by atoms with van der Waals surface area (Å²) in [7, 11) is 0. The highest BCUT2D eigenvalue weighted by atomic mass is 14.9. The molecule has 0 fully saturated rings.